The summed E-state index contributed by atoms with van der Waals surface area (Å²) in [6.07, 6.45) is 3.51. The number of nitrogens with zero attached hydrogens (tertiary/aromatic N) is 1. The van der Waals surface area contributed by atoms with E-state index in [9.17, 15) is 13.9 Å². The van der Waals surface area contributed by atoms with Crippen molar-refractivity contribution >= 4 is 0 Å². The van der Waals surface area contributed by atoms with Gasteiger partial charge in [-0.15, -0.1) is 6.58 Å². The van der Waals surface area contributed by atoms with Crippen molar-refractivity contribution in [1.82, 2.24) is 4.90 Å². The highest BCUT2D eigenvalue weighted by Gasteiger charge is 2.20. The van der Waals surface area contributed by atoms with Crippen LogP contribution in [0.2, 0.25) is 0 Å². The Morgan fingerprint density at radius 2 is 1.90 bits per heavy atom. The largest absolute Gasteiger partial charge is 0.435 e. The van der Waals surface area contributed by atoms with Gasteiger partial charge in [0.1, 0.15) is 5.75 Å². The third-order valence-electron chi connectivity index (χ3n) is 3.89. The van der Waals surface area contributed by atoms with Crippen LogP contribution in [0.1, 0.15) is 24.5 Å². The molecule has 0 spiro atoms. The molecule has 3 nitrogen and oxygen atoms in total. The summed E-state index contributed by atoms with van der Waals surface area (Å²) in [5, 5.41) is 10.2. The van der Waals surface area contributed by atoms with Crippen LogP contribution in [0.25, 0.3) is 0 Å². The number of aliphatic hydroxyl groups excluding tert-OH is 1. The Labute approximate surface area is 123 Å². The lowest BCUT2D eigenvalue weighted by Gasteiger charge is -2.32. The summed E-state index contributed by atoms with van der Waals surface area (Å²) in [5.74, 6) is 0.678. The molecule has 1 fully saturated rings. The Balaban J connectivity index is 1.85. The van der Waals surface area contributed by atoms with Crippen molar-refractivity contribution in [3.63, 3.8) is 0 Å². The van der Waals surface area contributed by atoms with Crippen molar-refractivity contribution in [2.45, 2.75) is 25.6 Å². The van der Waals surface area contributed by atoms with Gasteiger partial charge in [0.25, 0.3) is 0 Å². The van der Waals surface area contributed by atoms with Gasteiger partial charge in [0.2, 0.25) is 0 Å². The van der Waals surface area contributed by atoms with Crippen LogP contribution >= 0.6 is 0 Å². The van der Waals surface area contributed by atoms with Gasteiger partial charge in [-0.1, -0.05) is 18.2 Å². The minimum Gasteiger partial charge on any atom is -0.435 e. The second kappa shape index (κ2) is 7.52. The van der Waals surface area contributed by atoms with Gasteiger partial charge >= 0.3 is 6.61 Å². The topological polar surface area (TPSA) is 32.7 Å². The second-order valence-electron chi connectivity index (χ2n) is 5.34. The summed E-state index contributed by atoms with van der Waals surface area (Å²) in [6.45, 7) is 3.43. The van der Waals surface area contributed by atoms with Gasteiger partial charge in [0.05, 0.1) is 6.10 Å². The van der Waals surface area contributed by atoms with Crippen molar-refractivity contribution in [1.29, 1.82) is 0 Å². The molecule has 5 heteroatoms. The molecule has 1 saturated heterocycles. The van der Waals surface area contributed by atoms with Crippen LogP contribution in [0.15, 0.2) is 36.9 Å². The molecule has 1 aromatic carbocycles. The van der Waals surface area contributed by atoms with Crippen LogP contribution in [0.4, 0.5) is 8.78 Å². The smallest absolute Gasteiger partial charge is 0.387 e. The highest BCUT2D eigenvalue weighted by Crippen LogP contribution is 2.23. The molecule has 116 valence electrons. The Morgan fingerprint density at radius 1 is 1.29 bits per heavy atom. The minimum absolute atomic E-state index is 0.104. The first kappa shape index (κ1) is 15.9. The first-order valence-electron chi connectivity index (χ1n) is 7.16. The molecule has 1 aliphatic heterocycles. The molecule has 1 aliphatic rings. The number of hydrogen-bond acceptors (Lipinski definition) is 3. The molecule has 21 heavy (non-hydrogen) atoms. The van der Waals surface area contributed by atoms with Gasteiger partial charge in [-0.3, -0.25) is 0 Å². The molecule has 1 aromatic rings. The molecule has 1 atom stereocenters. The first-order chi connectivity index (χ1) is 10.1. The summed E-state index contributed by atoms with van der Waals surface area (Å²) in [7, 11) is 0. The number of likely N-dealkylation sites (tertiary alicyclic amines) is 1. The third-order valence-corrected chi connectivity index (χ3v) is 3.89. The number of rotatable bonds is 6. The second-order valence-corrected chi connectivity index (χ2v) is 5.34. The van der Waals surface area contributed by atoms with Gasteiger partial charge in [0.15, 0.2) is 0 Å². The fraction of sp³-hybridized carbons (Fsp3) is 0.500. The van der Waals surface area contributed by atoms with Crippen LogP contribution in [-0.4, -0.2) is 36.3 Å². The highest BCUT2D eigenvalue weighted by molar-refractivity contribution is 5.28. The molecule has 0 amide bonds. The van der Waals surface area contributed by atoms with Crippen LogP contribution in [-0.2, 0) is 0 Å². The zero-order valence-corrected chi connectivity index (χ0v) is 11.9. The van der Waals surface area contributed by atoms with E-state index >= 15 is 0 Å². The van der Waals surface area contributed by atoms with Crippen LogP contribution in [0.5, 0.6) is 5.75 Å². The molecule has 0 saturated carbocycles. The molecule has 1 heterocycles. The van der Waals surface area contributed by atoms with Crippen molar-refractivity contribution in [3.8, 4) is 5.75 Å². The average Bonchev–Trinajstić information content (AvgIpc) is 2.48. The molecular weight excluding hydrogens is 276 g/mol. The standard InChI is InChI=1S/C16H21F2NO2/c1-2-12-7-9-19(10-8-12)11-15(20)13-3-5-14(6-4-13)21-16(17)18/h2-6,12,15-16,20H,1,7-11H2. The number of alkyl halides is 2. The van der Waals surface area contributed by atoms with Gasteiger partial charge in [-0.2, -0.15) is 8.78 Å². The summed E-state index contributed by atoms with van der Waals surface area (Å²) in [4.78, 5) is 2.22. The van der Waals surface area contributed by atoms with E-state index in [0.717, 1.165) is 25.9 Å². The van der Waals surface area contributed by atoms with Gasteiger partial charge in [0, 0.05) is 6.54 Å². The van der Waals surface area contributed by atoms with Gasteiger partial charge in [-0.05, 0) is 49.5 Å². The van der Waals surface area contributed by atoms with E-state index in [0.29, 0.717) is 18.0 Å². The maximum atomic E-state index is 12.1. The molecule has 0 bridgehead atoms. The van der Waals surface area contributed by atoms with E-state index in [-0.39, 0.29) is 5.75 Å². The lowest BCUT2D eigenvalue weighted by molar-refractivity contribution is -0.0498. The predicted molar refractivity (Wildman–Crippen MR) is 77.4 cm³/mol. The number of aliphatic hydroxyl groups is 1. The maximum Gasteiger partial charge on any atom is 0.387 e. The van der Waals surface area contributed by atoms with Crippen molar-refractivity contribution < 1.29 is 18.6 Å². The first-order valence-corrected chi connectivity index (χ1v) is 7.16. The highest BCUT2D eigenvalue weighted by atomic mass is 19.3. The number of β-amino-alcohol motifs (C(OH)–C–C–N with tert-alkyl or cyclic N) is 1. The van der Waals surface area contributed by atoms with E-state index < -0.39 is 12.7 Å². The minimum atomic E-state index is -2.83. The quantitative estimate of drug-likeness (QED) is 0.818. The van der Waals surface area contributed by atoms with E-state index in [1.807, 2.05) is 6.08 Å². The fourth-order valence-corrected chi connectivity index (χ4v) is 2.59. The van der Waals surface area contributed by atoms with Gasteiger partial charge < -0.3 is 14.7 Å². The van der Waals surface area contributed by atoms with Crippen molar-refractivity contribution in [2.75, 3.05) is 19.6 Å². The molecule has 0 aromatic heterocycles. The third kappa shape index (κ3) is 4.79. The Kier molecular flexibility index (Phi) is 5.70. The number of hydrogen-bond donors (Lipinski definition) is 1. The summed E-state index contributed by atoms with van der Waals surface area (Å²) in [5.41, 5.74) is 0.711. The zero-order chi connectivity index (χ0) is 15.2. The molecule has 1 unspecified atom stereocenters. The summed E-state index contributed by atoms with van der Waals surface area (Å²) >= 11 is 0. The van der Waals surface area contributed by atoms with Crippen LogP contribution in [0.3, 0.4) is 0 Å². The summed E-state index contributed by atoms with van der Waals surface area (Å²) < 4.78 is 28.4. The summed E-state index contributed by atoms with van der Waals surface area (Å²) in [6, 6.07) is 6.15. The zero-order valence-electron chi connectivity index (χ0n) is 11.9. The lowest BCUT2D eigenvalue weighted by atomic mass is 9.96. The van der Waals surface area contributed by atoms with E-state index in [1.54, 1.807) is 12.1 Å². The number of piperidine rings is 1. The van der Waals surface area contributed by atoms with Crippen LogP contribution < -0.4 is 4.74 Å². The van der Waals surface area contributed by atoms with E-state index in [2.05, 4.69) is 16.2 Å². The van der Waals surface area contributed by atoms with E-state index in [1.165, 1.54) is 12.1 Å². The molecule has 1 N–H and O–H groups in total. The monoisotopic (exact) mass is 297 g/mol. The predicted octanol–water partition coefficient (Wildman–Crippen LogP) is 3.22. The Bertz CT molecular complexity index is 442. The molecule has 2 rings (SSSR count). The van der Waals surface area contributed by atoms with E-state index in [4.69, 9.17) is 0 Å². The van der Waals surface area contributed by atoms with Crippen LogP contribution in [0, 0.1) is 5.92 Å². The SMILES string of the molecule is C=CC1CCN(CC(O)c2ccc(OC(F)F)cc2)CC1. The number of benzene rings is 1. The fourth-order valence-electron chi connectivity index (χ4n) is 2.59. The molecule has 0 aliphatic carbocycles. The number of allylic oxidation sites excluding steroid dienone is 1. The maximum absolute atomic E-state index is 12.1. The van der Waals surface area contributed by atoms with Gasteiger partial charge in [-0.25, -0.2) is 0 Å². The van der Waals surface area contributed by atoms with Crippen molar-refractivity contribution in [3.05, 3.63) is 42.5 Å². The van der Waals surface area contributed by atoms with Crippen molar-refractivity contribution in [2.24, 2.45) is 5.92 Å². The lowest BCUT2D eigenvalue weighted by Crippen LogP contribution is -2.36. The Morgan fingerprint density at radius 3 is 2.43 bits per heavy atom. The number of halogens is 2. The Hall–Kier alpha value is -1.46. The molecular formula is C16H21F2NO2. The number of ether oxygens (including phenoxy) is 1. The average molecular weight is 297 g/mol. The normalized spacial score (nSPS) is 18.7. The molecule has 0 radical (unpaired) electrons.